The van der Waals surface area contributed by atoms with Crippen molar-refractivity contribution in [1.82, 2.24) is 0 Å². The lowest BCUT2D eigenvalue weighted by atomic mass is 9.97. The van der Waals surface area contributed by atoms with Crippen molar-refractivity contribution in [3.63, 3.8) is 0 Å². The number of hydrogen-bond acceptors (Lipinski definition) is 3. The van der Waals surface area contributed by atoms with Crippen LogP contribution in [-0.4, -0.2) is 8.07 Å². The van der Waals surface area contributed by atoms with Crippen LogP contribution in [0.1, 0.15) is 5.56 Å². The second-order valence-corrected chi connectivity index (χ2v) is 18.6. The zero-order valence-electron chi connectivity index (χ0n) is 27.8. The Morgan fingerprint density at radius 2 is 0.875 bits per heavy atom. The number of fused-ring (bicyclic) bond motifs is 4. The fourth-order valence-electron chi connectivity index (χ4n) is 6.83. The van der Waals surface area contributed by atoms with Crippen LogP contribution < -0.4 is 15.0 Å². The normalized spacial score (nSPS) is 11.8. The molecule has 0 saturated heterocycles. The van der Waals surface area contributed by atoms with Crippen molar-refractivity contribution >= 4 is 80.1 Å². The summed E-state index contributed by atoms with van der Waals surface area (Å²) in [5.41, 5.74) is 9.45. The van der Waals surface area contributed by atoms with Crippen molar-refractivity contribution in [2.24, 2.45) is 0 Å². The molecule has 48 heavy (non-hydrogen) atoms. The molecule has 0 amide bonds. The van der Waals surface area contributed by atoms with E-state index < -0.39 is 8.07 Å². The smallest absolute Gasteiger partial charge is 0.162 e. The van der Waals surface area contributed by atoms with Crippen LogP contribution in [0.2, 0.25) is 19.6 Å². The molecular weight excluding hydrogens is 601 g/mol. The Bertz CT molecular complexity index is 2370. The van der Waals surface area contributed by atoms with Gasteiger partial charge in [-0.05, 0) is 61.5 Å². The molecule has 0 N–H and O–H groups in total. The minimum Gasteiger partial charge on any atom is -0.454 e. The van der Waals surface area contributed by atoms with Crippen LogP contribution in [0.3, 0.4) is 0 Å². The van der Waals surface area contributed by atoms with Crippen LogP contribution in [0.25, 0.3) is 32.7 Å². The number of hydrogen-bond donors (Lipinski definition) is 0. The van der Waals surface area contributed by atoms with E-state index in [2.05, 4.69) is 194 Å². The lowest BCUT2D eigenvalue weighted by Gasteiger charge is -2.31. The molecule has 0 aliphatic carbocycles. The number of nitrogens with zero attached hydrogens (tertiary/aromatic N) is 2. The molecule has 0 unspecified atom stereocenters. The molecule has 8 aromatic rings. The molecule has 0 atom stereocenters. The SMILES string of the molecule is Cc1ccc(N(c2ccccc2)c2c3ccccc3c(N(c3ccccc3)c3ccc([Si](C)(C)C)cc3)c3oc4ccccc4c23)cc1. The summed E-state index contributed by atoms with van der Waals surface area (Å²) in [6, 6.07) is 56.6. The van der Waals surface area contributed by atoms with Gasteiger partial charge in [0.25, 0.3) is 0 Å². The minimum absolute atomic E-state index is 0.857. The third-order valence-corrected chi connectivity index (χ3v) is 11.3. The molecule has 0 fully saturated rings. The molecule has 4 heteroatoms. The number of para-hydroxylation sites is 3. The van der Waals surface area contributed by atoms with Crippen LogP contribution in [0, 0.1) is 6.92 Å². The maximum Gasteiger partial charge on any atom is 0.162 e. The average Bonchev–Trinajstić information content (AvgIpc) is 3.50. The maximum atomic E-state index is 7.01. The minimum atomic E-state index is -1.49. The molecular formula is C44H38N2OSi. The predicted molar refractivity (Wildman–Crippen MR) is 208 cm³/mol. The molecule has 8 rings (SSSR count). The fraction of sp³-hybridized carbons (Fsp3) is 0.0909. The quantitative estimate of drug-likeness (QED) is 0.128. The molecule has 3 nitrogen and oxygen atoms in total. The molecule has 0 bridgehead atoms. The Labute approximate surface area is 283 Å². The lowest BCUT2D eigenvalue weighted by Crippen LogP contribution is -2.37. The Hall–Kier alpha value is -5.58. The Morgan fingerprint density at radius 3 is 1.44 bits per heavy atom. The number of rotatable bonds is 7. The predicted octanol–water partition coefficient (Wildman–Crippen LogP) is 12.5. The molecule has 0 radical (unpaired) electrons. The van der Waals surface area contributed by atoms with Gasteiger partial charge in [-0.1, -0.05) is 134 Å². The molecule has 1 heterocycles. The highest BCUT2D eigenvalue weighted by molar-refractivity contribution is 6.88. The van der Waals surface area contributed by atoms with E-state index in [1.165, 1.54) is 10.8 Å². The summed E-state index contributed by atoms with van der Waals surface area (Å²) in [4.78, 5) is 4.77. The second kappa shape index (κ2) is 11.9. The maximum absolute atomic E-state index is 7.01. The first-order valence-electron chi connectivity index (χ1n) is 16.6. The van der Waals surface area contributed by atoms with Crippen molar-refractivity contribution in [3.05, 3.63) is 163 Å². The lowest BCUT2D eigenvalue weighted by molar-refractivity contribution is 0.669. The highest BCUT2D eigenvalue weighted by Gasteiger charge is 2.29. The van der Waals surface area contributed by atoms with E-state index in [9.17, 15) is 0 Å². The number of aryl methyl sites for hydroxylation is 1. The van der Waals surface area contributed by atoms with E-state index in [0.717, 1.165) is 66.8 Å². The molecule has 0 saturated carbocycles. The average molecular weight is 639 g/mol. The van der Waals surface area contributed by atoms with Crippen molar-refractivity contribution in [2.75, 3.05) is 9.80 Å². The van der Waals surface area contributed by atoms with Gasteiger partial charge in [0.15, 0.2) is 5.58 Å². The highest BCUT2D eigenvalue weighted by Crippen LogP contribution is 2.53. The summed E-state index contributed by atoms with van der Waals surface area (Å²) in [7, 11) is -1.49. The van der Waals surface area contributed by atoms with Crippen molar-refractivity contribution in [3.8, 4) is 0 Å². The van der Waals surface area contributed by atoms with Crippen LogP contribution in [0.15, 0.2) is 162 Å². The van der Waals surface area contributed by atoms with Gasteiger partial charge in [0, 0.05) is 38.9 Å². The first-order chi connectivity index (χ1) is 23.4. The summed E-state index contributed by atoms with van der Waals surface area (Å²) < 4.78 is 7.01. The van der Waals surface area contributed by atoms with Gasteiger partial charge < -0.3 is 14.2 Å². The van der Waals surface area contributed by atoms with E-state index in [-0.39, 0.29) is 0 Å². The first-order valence-corrected chi connectivity index (χ1v) is 20.1. The number of anilines is 6. The van der Waals surface area contributed by atoms with E-state index in [4.69, 9.17) is 4.42 Å². The molecule has 1 aromatic heterocycles. The third-order valence-electron chi connectivity index (χ3n) is 9.24. The van der Waals surface area contributed by atoms with Crippen LogP contribution in [0.4, 0.5) is 34.1 Å². The Morgan fingerprint density at radius 1 is 0.438 bits per heavy atom. The van der Waals surface area contributed by atoms with Crippen LogP contribution >= 0.6 is 0 Å². The molecule has 0 aliphatic heterocycles. The second-order valence-electron chi connectivity index (χ2n) is 13.5. The summed E-state index contributed by atoms with van der Waals surface area (Å²) >= 11 is 0. The van der Waals surface area contributed by atoms with Crippen molar-refractivity contribution in [1.29, 1.82) is 0 Å². The largest absolute Gasteiger partial charge is 0.454 e. The monoisotopic (exact) mass is 638 g/mol. The van der Waals surface area contributed by atoms with Crippen molar-refractivity contribution in [2.45, 2.75) is 26.6 Å². The topological polar surface area (TPSA) is 19.6 Å². The summed E-state index contributed by atoms with van der Waals surface area (Å²) in [6.07, 6.45) is 0. The van der Waals surface area contributed by atoms with Gasteiger partial charge in [-0.2, -0.15) is 0 Å². The van der Waals surface area contributed by atoms with Crippen LogP contribution in [-0.2, 0) is 0 Å². The van der Waals surface area contributed by atoms with Gasteiger partial charge in [-0.3, -0.25) is 0 Å². The Kier molecular flexibility index (Phi) is 7.38. The molecule has 7 aromatic carbocycles. The summed E-state index contributed by atoms with van der Waals surface area (Å²) in [5, 5.41) is 5.87. The van der Waals surface area contributed by atoms with Gasteiger partial charge in [0.1, 0.15) is 5.58 Å². The van der Waals surface area contributed by atoms with Gasteiger partial charge in [-0.15, -0.1) is 0 Å². The van der Waals surface area contributed by atoms with E-state index in [0.29, 0.717) is 0 Å². The molecule has 0 spiro atoms. The van der Waals surface area contributed by atoms with Gasteiger partial charge in [-0.25, -0.2) is 0 Å². The highest BCUT2D eigenvalue weighted by atomic mass is 28.3. The Balaban J connectivity index is 1.52. The molecule has 234 valence electrons. The molecule has 0 aliphatic rings. The van der Waals surface area contributed by atoms with Crippen molar-refractivity contribution < 1.29 is 4.42 Å². The number of furan rings is 1. The van der Waals surface area contributed by atoms with Gasteiger partial charge in [0.2, 0.25) is 0 Å². The van der Waals surface area contributed by atoms with Gasteiger partial charge >= 0.3 is 0 Å². The summed E-state index contributed by atoms with van der Waals surface area (Å²) in [5.74, 6) is 0. The number of benzene rings is 7. The first kappa shape index (κ1) is 29.8. The standard InChI is InChI=1S/C44H38N2OSi/c1-31-23-25-34(26-24-31)45(32-15-7-5-8-16-32)42-37-19-11-12-20-38(37)43(44-41(42)39-21-13-14-22-40(39)47-44)46(33-17-9-6-10-18-33)35-27-29-36(30-28-35)48(2,3)4/h5-30H,1-4H3. The van der Waals surface area contributed by atoms with E-state index in [1.807, 2.05) is 0 Å². The van der Waals surface area contributed by atoms with E-state index in [1.54, 1.807) is 0 Å². The third kappa shape index (κ3) is 5.15. The van der Waals surface area contributed by atoms with Gasteiger partial charge in [0.05, 0.1) is 24.8 Å². The van der Waals surface area contributed by atoms with E-state index >= 15 is 0 Å². The summed E-state index contributed by atoms with van der Waals surface area (Å²) in [6.45, 7) is 9.33. The zero-order valence-corrected chi connectivity index (χ0v) is 28.8. The zero-order chi connectivity index (χ0) is 32.8. The fourth-order valence-corrected chi connectivity index (χ4v) is 7.99. The van der Waals surface area contributed by atoms with Crippen LogP contribution in [0.5, 0.6) is 0 Å².